The standard InChI is InChI=1S/C24H25NO5S/c1-4-9-20(26)25-23-21(24(28)30-6-3)22(27)19(31-23)14-17-16-11-8-7-10-15(16)12-13-18(17)29-5-2/h7-8,10-14,27H,4-6,9H2,1-3H3/b19-14-,25-23?. The molecule has 2 aromatic carbocycles. The number of fused-ring (bicyclic) bond motifs is 1. The van der Waals surface area contributed by atoms with E-state index >= 15 is 0 Å². The predicted octanol–water partition coefficient (Wildman–Crippen LogP) is 5.43. The minimum Gasteiger partial charge on any atom is -0.506 e. The first-order valence-corrected chi connectivity index (χ1v) is 11.1. The molecule has 6 nitrogen and oxygen atoms in total. The van der Waals surface area contributed by atoms with Gasteiger partial charge in [0.2, 0.25) is 5.91 Å². The minimum atomic E-state index is -0.707. The lowest BCUT2D eigenvalue weighted by Crippen LogP contribution is -2.14. The monoisotopic (exact) mass is 439 g/mol. The first-order chi connectivity index (χ1) is 15.0. The summed E-state index contributed by atoms with van der Waals surface area (Å²) in [6.07, 6.45) is 2.66. The van der Waals surface area contributed by atoms with Crippen molar-refractivity contribution in [3.8, 4) is 5.75 Å². The third-order valence-corrected chi connectivity index (χ3v) is 5.59. The first-order valence-electron chi connectivity index (χ1n) is 10.3. The van der Waals surface area contributed by atoms with E-state index in [9.17, 15) is 14.7 Å². The number of thioether (sulfide) groups is 1. The number of benzene rings is 2. The van der Waals surface area contributed by atoms with E-state index in [1.807, 2.05) is 50.2 Å². The predicted molar refractivity (Wildman–Crippen MR) is 124 cm³/mol. The molecule has 0 spiro atoms. The van der Waals surface area contributed by atoms with Gasteiger partial charge in [0.15, 0.2) is 0 Å². The maximum atomic E-state index is 12.5. The maximum Gasteiger partial charge on any atom is 0.344 e. The maximum absolute atomic E-state index is 12.5. The van der Waals surface area contributed by atoms with E-state index < -0.39 is 5.97 Å². The van der Waals surface area contributed by atoms with Crippen molar-refractivity contribution in [1.82, 2.24) is 0 Å². The average molecular weight is 440 g/mol. The van der Waals surface area contributed by atoms with Gasteiger partial charge in [-0.25, -0.2) is 9.79 Å². The SMILES string of the molecule is CCCC(=O)N=C1S/C(=C\c2c(OCC)ccc3ccccc23)C(O)=C1C(=O)OCC. The number of aliphatic hydroxyl groups excluding tert-OH is 1. The van der Waals surface area contributed by atoms with Gasteiger partial charge < -0.3 is 14.6 Å². The summed E-state index contributed by atoms with van der Waals surface area (Å²) in [7, 11) is 0. The Kier molecular flexibility index (Phi) is 7.52. The second kappa shape index (κ2) is 10.3. The van der Waals surface area contributed by atoms with Gasteiger partial charge in [-0.3, -0.25) is 4.79 Å². The molecule has 7 heteroatoms. The van der Waals surface area contributed by atoms with Crippen LogP contribution >= 0.6 is 11.8 Å². The van der Waals surface area contributed by atoms with Crippen molar-refractivity contribution in [2.45, 2.75) is 33.6 Å². The van der Waals surface area contributed by atoms with Gasteiger partial charge in [0.1, 0.15) is 22.1 Å². The Morgan fingerprint density at radius 1 is 1.10 bits per heavy atom. The van der Waals surface area contributed by atoms with Crippen molar-refractivity contribution in [2.75, 3.05) is 13.2 Å². The molecule has 0 aromatic heterocycles. The highest BCUT2D eigenvalue weighted by atomic mass is 32.2. The molecule has 1 heterocycles. The highest BCUT2D eigenvalue weighted by Gasteiger charge is 2.34. The molecule has 2 aromatic rings. The number of nitrogens with zero attached hydrogens (tertiary/aromatic N) is 1. The summed E-state index contributed by atoms with van der Waals surface area (Å²) < 4.78 is 10.9. The van der Waals surface area contributed by atoms with E-state index in [2.05, 4.69) is 4.99 Å². The lowest BCUT2D eigenvalue weighted by atomic mass is 10.0. The Morgan fingerprint density at radius 2 is 1.87 bits per heavy atom. The number of aliphatic hydroxyl groups is 1. The Hall–Kier alpha value is -3.06. The number of carbonyl (C=O) groups is 2. The number of carbonyl (C=O) groups excluding carboxylic acids is 2. The van der Waals surface area contributed by atoms with E-state index in [1.54, 1.807) is 13.0 Å². The lowest BCUT2D eigenvalue weighted by Gasteiger charge is -2.11. The van der Waals surface area contributed by atoms with Crippen LogP contribution < -0.4 is 4.74 Å². The van der Waals surface area contributed by atoms with Gasteiger partial charge in [0, 0.05) is 12.0 Å². The summed E-state index contributed by atoms with van der Waals surface area (Å²) in [6.45, 7) is 6.08. The van der Waals surface area contributed by atoms with Gasteiger partial charge >= 0.3 is 5.97 Å². The fourth-order valence-corrected chi connectivity index (χ4v) is 4.23. The molecule has 0 fully saturated rings. The van der Waals surface area contributed by atoms with Crippen LogP contribution in [0.4, 0.5) is 0 Å². The summed E-state index contributed by atoms with van der Waals surface area (Å²) in [5.41, 5.74) is 0.694. The summed E-state index contributed by atoms with van der Waals surface area (Å²) in [6, 6.07) is 11.7. The second-order valence-corrected chi connectivity index (χ2v) is 7.78. The number of esters is 1. The van der Waals surface area contributed by atoms with Gasteiger partial charge in [-0.05, 0) is 43.2 Å². The van der Waals surface area contributed by atoms with Crippen LogP contribution in [0.3, 0.4) is 0 Å². The zero-order valence-electron chi connectivity index (χ0n) is 17.8. The van der Waals surface area contributed by atoms with Crippen LogP contribution in [0.5, 0.6) is 5.75 Å². The van der Waals surface area contributed by atoms with Crippen molar-refractivity contribution in [2.24, 2.45) is 4.99 Å². The fraction of sp³-hybridized carbons (Fsp3) is 0.292. The molecule has 162 valence electrons. The molecule has 0 saturated carbocycles. The topological polar surface area (TPSA) is 85.2 Å². The molecule has 0 bridgehead atoms. The van der Waals surface area contributed by atoms with Gasteiger partial charge in [-0.2, -0.15) is 0 Å². The molecule has 0 unspecified atom stereocenters. The summed E-state index contributed by atoms with van der Waals surface area (Å²) in [5, 5.41) is 13.0. The van der Waals surface area contributed by atoms with E-state index in [0.29, 0.717) is 23.7 Å². The minimum absolute atomic E-state index is 0.0826. The molecule has 1 amide bonds. The molecule has 0 saturated heterocycles. The number of rotatable bonds is 7. The van der Waals surface area contributed by atoms with Gasteiger partial charge in [-0.15, -0.1) is 0 Å². The average Bonchev–Trinajstić information content (AvgIpc) is 3.04. The van der Waals surface area contributed by atoms with Crippen LogP contribution in [0.2, 0.25) is 0 Å². The normalized spacial score (nSPS) is 16.4. The lowest BCUT2D eigenvalue weighted by molar-refractivity contribution is -0.138. The molecule has 0 aliphatic carbocycles. The Labute approximate surface area is 185 Å². The van der Waals surface area contributed by atoms with Crippen molar-refractivity contribution in [1.29, 1.82) is 0 Å². The van der Waals surface area contributed by atoms with Crippen molar-refractivity contribution in [3.05, 3.63) is 58.2 Å². The zero-order chi connectivity index (χ0) is 22.4. The number of amides is 1. The van der Waals surface area contributed by atoms with Crippen LogP contribution in [-0.4, -0.2) is 35.2 Å². The molecule has 1 aliphatic heterocycles. The van der Waals surface area contributed by atoms with Crippen molar-refractivity contribution < 1.29 is 24.2 Å². The largest absolute Gasteiger partial charge is 0.506 e. The van der Waals surface area contributed by atoms with Gasteiger partial charge in [-0.1, -0.05) is 49.0 Å². The number of hydrogen-bond acceptors (Lipinski definition) is 6. The third-order valence-electron chi connectivity index (χ3n) is 4.57. The molecule has 3 rings (SSSR count). The summed E-state index contributed by atoms with van der Waals surface area (Å²) in [4.78, 5) is 29.1. The van der Waals surface area contributed by atoms with Gasteiger partial charge in [0.05, 0.1) is 18.1 Å². The Bertz CT molecular complexity index is 1100. The smallest absolute Gasteiger partial charge is 0.344 e. The van der Waals surface area contributed by atoms with Crippen LogP contribution in [-0.2, 0) is 14.3 Å². The van der Waals surface area contributed by atoms with Crippen molar-refractivity contribution in [3.63, 3.8) is 0 Å². The Balaban J connectivity index is 2.15. The molecular weight excluding hydrogens is 414 g/mol. The molecule has 0 atom stereocenters. The second-order valence-electron chi connectivity index (χ2n) is 6.75. The fourth-order valence-electron chi connectivity index (χ4n) is 3.21. The Morgan fingerprint density at radius 3 is 2.58 bits per heavy atom. The van der Waals surface area contributed by atoms with E-state index in [-0.39, 0.29) is 35.3 Å². The highest BCUT2D eigenvalue weighted by Crippen LogP contribution is 2.41. The number of aliphatic imine (C=N–C) groups is 1. The van der Waals surface area contributed by atoms with Crippen LogP contribution in [0, 0.1) is 0 Å². The highest BCUT2D eigenvalue weighted by molar-refractivity contribution is 8.18. The quantitative estimate of drug-likeness (QED) is 0.579. The molecular formula is C24H25NO5S. The van der Waals surface area contributed by atoms with Crippen molar-refractivity contribution >= 4 is 45.5 Å². The third kappa shape index (κ3) is 4.99. The van der Waals surface area contributed by atoms with Crippen LogP contribution in [0.15, 0.2) is 57.6 Å². The van der Waals surface area contributed by atoms with E-state index in [1.165, 1.54) is 0 Å². The molecule has 1 aliphatic rings. The van der Waals surface area contributed by atoms with E-state index in [0.717, 1.165) is 28.1 Å². The number of ether oxygens (including phenoxy) is 2. The first kappa shape index (κ1) is 22.6. The van der Waals surface area contributed by atoms with Gasteiger partial charge in [0.25, 0.3) is 0 Å². The molecule has 0 radical (unpaired) electrons. The zero-order valence-corrected chi connectivity index (χ0v) is 18.6. The number of hydrogen-bond donors (Lipinski definition) is 1. The summed E-state index contributed by atoms with van der Waals surface area (Å²) >= 11 is 1.08. The van der Waals surface area contributed by atoms with E-state index in [4.69, 9.17) is 9.47 Å². The molecule has 31 heavy (non-hydrogen) atoms. The summed E-state index contributed by atoms with van der Waals surface area (Å²) in [5.74, 6) is -0.642. The van der Waals surface area contributed by atoms with Crippen LogP contribution in [0.1, 0.15) is 39.2 Å². The molecule has 1 N–H and O–H groups in total. The van der Waals surface area contributed by atoms with Crippen LogP contribution in [0.25, 0.3) is 16.8 Å².